The summed E-state index contributed by atoms with van der Waals surface area (Å²) in [5.74, 6) is -0.903. The van der Waals surface area contributed by atoms with Crippen molar-refractivity contribution in [1.82, 2.24) is 14.9 Å². The van der Waals surface area contributed by atoms with E-state index in [0.717, 1.165) is 30.5 Å². The summed E-state index contributed by atoms with van der Waals surface area (Å²) >= 11 is 0. The number of hydrogen-bond acceptors (Lipinski definition) is 4. The fraction of sp³-hybridized carbons (Fsp3) is 0.227. The Morgan fingerprint density at radius 3 is 2.87 bits per heavy atom. The Morgan fingerprint density at radius 1 is 1.23 bits per heavy atom. The van der Waals surface area contributed by atoms with E-state index in [9.17, 15) is 13.6 Å². The number of pyridine rings is 2. The quantitative estimate of drug-likeness (QED) is 0.680. The van der Waals surface area contributed by atoms with E-state index in [4.69, 9.17) is 5.73 Å². The summed E-state index contributed by atoms with van der Waals surface area (Å²) in [5.41, 5.74) is 7.74. The highest BCUT2D eigenvalue weighted by Crippen LogP contribution is 2.27. The number of amides is 2. The fourth-order valence-electron chi connectivity index (χ4n) is 3.63. The molecule has 1 saturated heterocycles. The topological polar surface area (TPSA) is 84.1 Å². The van der Waals surface area contributed by atoms with Crippen LogP contribution in [0, 0.1) is 17.6 Å². The van der Waals surface area contributed by atoms with Crippen molar-refractivity contribution in [1.29, 1.82) is 0 Å². The Balaban J connectivity index is 1.44. The third-order valence-corrected chi connectivity index (χ3v) is 5.18. The van der Waals surface area contributed by atoms with E-state index in [2.05, 4.69) is 15.3 Å². The smallest absolute Gasteiger partial charge is 0.323 e. The normalized spacial score (nSPS) is 15.9. The summed E-state index contributed by atoms with van der Waals surface area (Å²) in [7, 11) is 0. The van der Waals surface area contributed by atoms with Gasteiger partial charge in [0.05, 0.1) is 11.4 Å². The Labute approximate surface area is 172 Å². The van der Waals surface area contributed by atoms with Gasteiger partial charge in [0.25, 0.3) is 0 Å². The van der Waals surface area contributed by atoms with Crippen LogP contribution < -0.4 is 11.1 Å². The number of rotatable bonds is 4. The van der Waals surface area contributed by atoms with Crippen LogP contribution in [0.25, 0.3) is 11.3 Å². The van der Waals surface area contributed by atoms with Crippen molar-refractivity contribution in [2.24, 2.45) is 5.92 Å². The first-order valence-electron chi connectivity index (χ1n) is 9.66. The SMILES string of the molecule is Nc1ccc(-c2ccc(F)cc2F)nc1NC(=O)N1CCC(Cc2cccnc2)C1. The second-order valence-corrected chi connectivity index (χ2v) is 7.35. The molecule has 3 N–H and O–H groups in total. The van der Waals surface area contributed by atoms with Gasteiger partial charge < -0.3 is 10.6 Å². The molecule has 6 nitrogen and oxygen atoms in total. The van der Waals surface area contributed by atoms with Gasteiger partial charge in [0.1, 0.15) is 11.6 Å². The molecule has 154 valence electrons. The molecule has 1 fully saturated rings. The first-order valence-corrected chi connectivity index (χ1v) is 9.66. The Morgan fingerprint density at radius 2 is 2.10 bits per heavy atom. The number of nitrogen functional groups attached to an aromatic ring is 1. The number of halogens is 2. The number of urea groups is 1. The highest BCUT2D eigenvalue weighted by atomic mass is 19.1. The van der Waals surface area contributed by atoms with Gasteiger partial charge in [-0.25, -0.2) is 18.6 Å². The highest BCUT2D eigenvalue weighted by Gasteiger charge is 2.27. The molecule has 3 aromatic rings. The Bertz CT molecular complexity index is 1060. The second kappa shape index (κ2) is 8.44. The molecule has 0 spiro atoms. The molecule has 0 radical (unpaired) electrons. The van der Waals surface area contributed by atoms with Crippen molar-refractivity contribution in [2.45, 2.75) is 12.8 Å². The lowest BCUT2D eigenvalue weighted by Gasteiger charge is -2.18. The predicted molar refractivity (Wildman–Crippen MR) is 111 cm³/mol. The largest absolute Gasteiger partial charge is 0.396 e. The zero-order chi connectivity index (χ0) is 21.1. The Kier molecular flexibility index (Phi) is 5.56. The van der Waals surface area contributed by atoms with E-state index in [1.54, 1.807) is 11.1 Å². The van der Waals surface area contributed by atoms with Crippen LogP contribution in [0.2, 0.25) is 0 Å². The molecule has 0 aliphatic carbocycles. The average molecular weight is 409 g/mol. The molecule has 4 rings (SSSR count). The van der Waals surface area contributed by atoms with Gasteiger partial charge in [0, 0.05) is 37.1 Å². The highest BCUT2D eigenvalue weighted by molar-refractivity contribution is 5.92. The van der Waals surface area contributed by atoms with Crippen molar-refractivity contribution in [3.63, 3.8) is 0 Å². The minimum absolute atomic E-state index is 0.129. The van der Waals surface area contributed by atoms with Crippen LogP contribution in [0.15, 0.2) is 54.9 Å². The van der Waals surface area contributed by atoms with E-state index in [0.29, 0.717) is 19.0 Å². The maximum absolute atomic E-state index is 14.1. The second-order valence-electron chi connectivity index (χ2n) is 7.35. The molecule has 30 heavy (non-hydrogen) atoms. The molecule has 2 aromatic heterocycles. The maximum atomic E-state index is 14.1. The van der Waals surface area contributed by atoms with E-state index >= 15 is 0 Å². The molecule has 0 saturated carbocycles. The summed E-state index contributed by atoms with van der Waals surface area (Å²) in [6.07, 6.45) is 5.33. The van der Waals surface area contributed by atoms with Gasteiger partial charge in [-0.1, -0.05) is 6.07 Å². The van der Waals surface area contributed by atoms with Crippen LogP contribution >= 0.6 is 0 Å². The molecule has 1 aliphatic rings. The number of aromatic nitrogens is 2. The third-order valence-electron chi connectivity index (χ3n) is 5.18. The van der Waals surface area contributed by atoms with Crippen LogP contribution in [-0.2, 0) is 6.42 Å². The third kappa shape index (κ3) is 4.37. The number of nitrogens with zero attached hydrogens (tertiary/aromatic N) is 3. The molecule has 1 aromatic carbocycles. The molecule has 8 heteroatoms. The van der Waals surface area contributed by atoms with Gasteiger partial charge in [-0.2, -0.15) is 0 Å². The Hall–Kier alpha value is -3.55. The first kappa shape index (κ1) is 19.8. The number of nitrogens with one attached hydrogen (secondary N) is 1. The van der Waals surface area contributed by atoms with Crippen LogP contribution in [0.1, 0.15) is 12.0 Å². The van der Waals surface area contributed by atoms with Crippen LogP contribution in [0.5, 0.6) is 0 Å². The van der Waals surface area contributed by atoms with Crippen molar-refractivity contribution in [3.05, 3.63) is 72.1 Å². The fourth-order valence-corrected chi connectivity index (χ4v) is 3.63. The van der Waals surface area contributed by atoms with Gasteiger partial charge in [-0.05, 0) is 54.7 Å². The molecule has 3 heterocycles. The standard InChI is InChI=1S/C22H21F2N5O/c23-16-3-4-17(18(24)11-16)20-6-5-19(25)21(27-20)28-22(30)29-9-7-15(13-29)10-14-2-1-8-26-12-14/h1-6,8,11-12,15H,7,9-10,13,25H2,(H,27,28,30). The lowest BCUT2D eigenvalue weighted by Crippen LogP contribution is -2.33. The number of carbonyl (C=O) groups excluding carboxylic acids is 1. The molecule has 1 aliphatic heterocycles. The molecule has 1 atom stereocenters. The summed E-state index contributed by atoms with van der Waals surface area (Å²) in [5, 5.41) is 2.72. The van der Waals surface area contributed by atoms with Crippen molar-refractivity contribution >= 4 is 17.5 Å². The number of hydrogen-bond donors (Lipinski definition) is 2. The van der Waals surface area contributed by atoms with Crippen molar-refractivity contribution in [3.8, 4) is 11.3 Å². The number of benzene rings is 1. The number of carbonyl (C=O) groups is 1. The minimum Gasteiger partial charge on any atom is -0.396 e. The van der Waals surface area contributed by atoms with E-state index in [1.165, 1.54) is 18.2 Å². The zero-order valence-corrected chi connectivity index (χ0v) is 16.2. The van der Waals surface area contributed by atoms with Crippen molar-refractivity contribution < 1.29 is 13.6 Å². The molecule has 0 bridgehead atoms. The van der Waals surface area contributed by atoms with Gasteiger partial charge in [-0.15, -0.1) is 0 Å². The van der Waals surface area contributed by atoms with Gasteiger partial charge in [0.2, 0.25) is 0 Å². The lowest BCUT2D eigenvalue weighted by atomic mass is 10.0. The summed E-state index contributed by atoms with van der Waals surface area (Å²) in [4.78, 5) is 22.8. The van der Waals surface area contributed by atoms with Gasteiger partial charge in [-0.3, -0.25) is 10.3 Å². The number of nitrogens with two attached hydrogens (primary N) is 1. The first-order chi connectivity index (χ1) is 14.5. The lowest BCUT2D eigenvalue weighted by molar-refractivity contribution is 0.220. The average Bonchev–Trinajstić information content (AvgIpc) is 3.19. The minimum atomic E-state index is -0.734. The van der Waals surface area contributed by atoms with Crippen LogP contribution in [0.4, 0.5) is 25.1 Å². The summed E-state index contributed by atoms with van der Waals surface area (Å²) < 4.78 is 27.3. The molecular formula is C22H21F2N5O. The zero-order valence-electron chi connectivity index (χ0n) is 16.2. The van der Waals surface area contributed by atoms with E-state index < -0.39 is 11.6 Å². The predicted octanol–water partition coefficient (Wildman–Crippen LogP) is 4.10. The summed E-state index contributed by atoms with van der Waals surface area (Å²) in [6, 6.07) is 9.94. The van der Waals surface area contributed by atoms with Crippen LogP contribution in [0.3, 0.4) is 0 Å². The summed E-state index contributed by atoms with van der Waals surface area (Å²) in [6.45, 7) is 1.25. The van der Waals surface area contributed by atoms with Crippen LogP contribution in [-0.4, -0.2) is 34.0 Å². The monoisotopic (exact) mass is 409 g/mol. The number of likely N-dealkylation sites (tertiary alicyclic amines) is 1. The van der Waals surface area contributed by atoms with Gasteiger partial charge >= 0.3 is 6.03 Å². The maximum Gasteiger partial charge on any atom is 0.323 e. The van der Waals surface area contributed by atoms with E-state index in [-0.39, 0.29) is 28.8 Å². The van der Waals surface area contributed by atoms with E-state index in [1.807, 2.05) is 18.3 Å². The molecule has 1 unspecified atom stereocenters. The van der Waals surface area contributed by atoms with Gasteiger partial charge in [0.15, 0.2) is 5.82 Å². The number of anilines is 2. The molecule has 2 amide bonds. The molecular weight excluding hydrogens is 388 g/mol. The van der Waals surface area contributed by atoms with Crippen molar-refractivity contribution in [2.75, 3.05) is 24.1 Å².